The van der Waals surface area contributed by atoms with E-state index in [1.165, 1.54) is 4.88 Å². The molecule has 0 N–H and O–H groups in total. The van der Waals surface area contributed by atoms with Crippen LogP contribution in [0.3, 0.4) is 0 Å². The van der Waals surface area contributed by atoms with Crippen LogP contribution in [0.4, 0.5) is 0 Å². The summed E-state index contributed by atoms with van der Waals surface area (Å²) in [6.45, 7) is 2.42. The molecule has 0 fully saturated rings. The fraction of sp³-hybridized carbons (Fsp3) is 0.600. The lowest BCUT2D eigenvalue weighted by Gasteiger charge is -2.18. The number of thiophene rings is 1. The molecular formula is C10H16ClNOS. The zero-order valence-corrected chi connectivity index (χ0v) is 10.1. The van der Waals surface area contributed by atoms with Crippen LogP contribution in [0.15, 0.2) is 17.5 Å². The minimum absolute atomic E-state index is 0.0740. The summed E-state index contributed by atoms with van der Waals surface area (Å²) in [6, 6.07) is 4.21. The average Bonchev–Trinajstić information content (AvgIpc) is 2.56. The van der Waals surface area contributed by atoms with Crippen molar-refractivity contribution in [2.24, 2.45) is 0 Å². The Morgan fingerprint density at radius 3 is 3.00 bits per heavy atom. The highest BCUT2D eigenvalue weighted by atomic mass is 35.5. The van der Waals surface area contributed by atoms with Gasteiger partial charge in [0, 0.05) is 25.1 Å². The zero-order chi connectivity index (χ0) is 10.4. The van der Waals surface area contributed by atoms with Crippen molar-refractivity contribution < 1.29 is 4.74 Å². The molecule has 0 aliphatic rings. The molecule has 0 spiro atoms. The maximum absolute atomic E-state index is 6.05. The Morgan fingerprint density at radius 2 is 2.43 bits per heavy atom. The predicted octanol–water partition coefficient (Wildman–Crippen LogP) is 2.43. The molecule has 2 nitrogen and oxygen atoms in total. The van der Waals surface area contributed by atoms with Gasteiger partial charge in [0.1, 0.15) is 0 Å². The van der Waals surface area contributed by atoms with E-state index in [9.17, 15) is 0 Å². The third-order valence-electron chi connectivity index (χ3n) is 1.86. The standard InChI is InChI=1S/C10H16ClNOS/c1-12(6-9(11)8-13-2)7-10-4-3-5-14-10/h3-5,9H,6-8H2,1-2H3. The molecule has 1 heterocycles. The molecule has 0 amide bonds. The Kier molecular flexibility index (Phi) is 5.48. The molecule has 1 aromatic heterocycles. The number of ether oxygens (including phenoxy) is 1. The van der Waals surface area contributed by atoms with Gasteiger partial charge >= 0.3 is 0 Å². The molecule has 14 heavy (non-hydrogen) atoms. The largest absolute Gasteiger partial charge is 0.383 e. The van der Waals surface area contributed by atoms with Gasteiger partial charge in [-0.25, -0.2) is 0 Å². The SMILES string of the molecule is COCC(Cl)CN(C)Cc1cccs1. The lowest BCUT2D eigenvalue weighted by Crippen LogP contribution is -2.27. The molecule has 1 aromatic rings. The first-order valence-corrected chi connectivity index (χ1v) is 5.88. The summed E-state index contributed by atoms with van der Waals surface area (Å²) in [5.41, 5.74) is 0. The van der Waals surface area contributed by atoms with Crippen LogP contribution >= 0.6 is 22.9 Å². The molecule has 0 aromatic carbocycles. The second-order valence-corrected chi connectivity index (χ2v) is 4.98. The highest BCUT2D eigenvalue weighted by Crippen LogP contribution is 2.11. The average molecular weight is 234 g/mol. The Labute approximate surface area is 94.4 Å². The maximum Gasteiger partial charge on any atom is 0.0696 e. The van der Waals surface area contributed by atoms with Crippen molar-refractivity contribution in [3.8, 4) is 0 Å². The Balaban J connectivity index is 2.25. The number of hydrogen-bond donors (Lipinski definition) is 0. The van der Waals surface area contributed by atoms with Gasteiger partial charge in [-0.3, -0.25) is 4.90 Å². The summed E-state index contributed by atoms with van der Waals surface area (Å²) in [5.74, 6) is 0. The van der Waals surface area contributed by atoms with Crippen LogP contribution in [-0.2, 0) is 11.3 Å². The smallest absolute Gasteiger partial charge is 0.0696 e. The molecule has 1 atom stereocenters. The van der Waals surface area contributed by atoms with E-state index < -0.39 is 0 Å². The summed E-state index contributed by atoms with van der Waals surface area (Å²) in [4.78, 5) is 3.58. The van der Waals surface area contributed by atoms with Gasteiger partial charge < -0.3 is 4.74 Å². The number of hydrogen-bond acceptors (Lipinski definition) is 3. The van der Waals surface area contributed by atoms with E-state index in [0.717, 1.165) is 13.1 Å². The van der Waals surface area contributed by atoms with Gasteiger partial charge in [0.25, 0.3) is 0 Å². The van der Waals surface area contributed by atoms with Gasteiger partial charge in [-0.2, -0.15) is 0 Å². The maximum atomic E-state index is 6.05. The van der Waals surface area contributed by atoms with Crippen LogP contribution in [0.1, 0.15) is 4.88 Å². The van der Waals surface area contributed by atoms with E-state index in [1.54, 1.807) is 18.4 Å². The van der Waals surface area contributed by atoms with Crippen molar-refractivity contribution in [3.63, 3.8) is 0 Å². The molecular weight excluding hydrogens is 218 g/mol. The molecule has 0 aliphatic heterocycles. The molecule has 4 heteroatoms. The highest BCUT2D eigenvalue weighted by Gasteiger charge is 2.08. The molecule has 0 bridgehead atoms. The fourth-order valence-corrected chi connectivity index (χ4v) is 2.45. The van der Waals surface area contributed by atoms with Crippen molar-refractivity contribution in [3.05, 3.63) is 22.4 Å². The molecule has 0 aliphatic carbocycles. The Morgan fingerprint density at radius 1 is 1.64 bits per heavy atom. The summed E-state index contributed by atoms with van der Waals surface area (Å²) in [5, 5.41) is 2.17. The van der Waals surface area contributed by atoms with E-state index in [4.69, 9.17) is 16.3 Å². The van der Waals surface area contributed by atoms with E-state index in [-0.39, 0.29) is 5.38 Å². The van der Waals surface area contributed by atoms with Crippen LogP contribution in [0.25, 0.3) is 0 Å². The van der Waals surface area contributed by atoms with Crippen molar-refractivity contribution in [2.45, 2.75) is 11.9 Å². The second-order valence-electron chi connectivity index (χ2n) is 3.33. The Bertz CT molecular complexity index is 240. The number of methoxy groups -OCH3 is 1. The Hall–Kier alpha value is -0.0900. The van der Waals surface area contributed by atoms with Crippen LogP contribution in [0, 0.1) is 0 Å². The summed E-state index contributed by atoms with van der Waals surface area (Å²) < 4.78 is 4.98. The molecule has 1 unspecified atom stereocenters. The van der Waals surface area contributed by atoms with E-state index >= 15 is 0 Å². The van der Waals surface area contributed by atoms with Crippen molar-refractivity contribution >= 4 is 22.9 Å². The van der Waals surface area contributed by atoms with Crippen LogP contribution in [-0.4, -0.2) is 37.6 Å². The van der Waals surface area contributed by atoms with Gasteiger partial charge in [-0.15, -0.1) is 22.9 Å². The molecule has 1 rings (SSSR count). The minimum atomic E-state index is 0.0740. The lowest BCUT2D eigenvalue weighted by atomic mass is 10.3. The minimum Gasteiger partial charge on any atom is -0.383 e. The quantitative estimate of drug-likeness (QED) is 0.700. The molecule has 0 saturated carbocycles. The van der Waals surface area contributed by atoms with E-state index in [2.05, 4.69) is 29.5 Å². The monoisotopic (exact) mass is 233 g/mol. The zero-order valence-electron chi connectivity index (χ0n) is 8.57. The van der Waals surface area contributed by atoms with Gasteiger partial charge in [0.15, 0.2) is 0 Å². The first kappa shape index (κ1) is 12.0. The first-order valence-electron chi connectivity index (χ1n) is 4.56. The highest BCUT2D eigenvalue weighted by molar-refractivity contribution is 7.09. The third-order valence-corrected chi connectivity index (χ3v) is 2.99. The van der Waals surface area contributed by atoms with Gasteiger partial charge in [0.05, 0.1) is 12.0 Å². The van der Waals surface area contributed by atoms with Crippen LogP contribution in [0.2, 0.25) is 0 Å². The topological polar surface area (TPSA) is 12.5 Å². The molecule has 80 valence electrons. The number of alkyl halides is 1. The second kappa shape index (κ2) is 6.40. The lowest BCUT2D eigenvalue weighted by molar-refractivity contribution is 0.181. The van der Waals surface area contributed by atoms with Crippen molar-refractivity contribution in [1.82, 2.24) is 4.90 Å². The third kappa shape index (κ3) is 4.42. The van der Waals surface area contributed by atoms with E-state index in [0.29, 0.717) is 6.61 Å². The molecule has 0 radical (unpaired) electrons. The van der Waals surface area contributed by atoms with Gasteiger partial charge in [-0.05, 0) is 18.5 Å². The van der Waals surface area contributed by atoms with Crippen LogP contribution in [0.5, 0.6) is 0 Å². The normalized spacial score (nSPS) is 13.4. The fourth-order valence-electron chi connectivity index (χ4n) is 1.30. The summed E-state index contributed by atoms with van der Waals surface area (Å²) in [6.07, 6.45) is 0. The van der Waals surface area contributed by atoms with Crippen LogP contribution < -0.4 is 0 Å². The van der Waals surface area contributed by atoms with Gasteiger partial charge in [-0.1, -0.05) is 6.07 Å². The number of halogens is 1. The number of nitrogens with zero attached hydrogens (tertiary/aromatic N) is 1. The first-order chi connectivity index (χ1) is 6.72. The predicted molar refractivity (Wildman–Crippen MR) is 62.2 cm³/mol. The van der Waals surface area contributed by atoms with Crippen molar-refractivity contribution in [1.29, 1.82) is 0 Å². The number of rotatable bonds is 6. The van der Waals surface area contributed by atoms with Gasteiger partial charge in [0.2, 0.25) is 0 Å². The summed E-state index contributed by atoms with van der Waals surface area (Å²) >= 11 is 7.83. The molecule has 0 saturated heterocycles. The van der Waals surface area contributed by atoms with E-state index in [1.807, 2.05) is 0 Å². The van der Waals surface area contributed by atoms with Crippen molar-refractivity contribution in [2.75, 3.05) is 27.3 Å². The summed E-state index contributed by atoms with van der Waals surface area (Å²) in [7, 11) is 3.75.